The van der Waals surface area contributed by atoms with Crippen LogP contribution in [0.25, 0.3) is 0 Å². The van der Waals surface area contributed by atoms with Gasteiger partial charge in [-0.15, -0.1) is 69.6 Å². The number of rotatable bonds is 4. The molecule has 0 radical (unpaired) electrons. The molecule has 0 N–H and O–H groups in total. The van der Waals surface area contributed by atoms with Gasteiger partial charge in [-0.25, -0.2) is 0 Å². The zero-order valence-electron chi connectivity index (χ0n) is 16.2. The van der Waals surface area contributed by atoms with E-state index in [1.165, 1.54) is 0 Å². The van der Waals surface area contributed by atoms with Gasteiger partial charge >= 0.3 is 0 Å². The van der Waals surface area contributed by atoms with Gasteiger partial charge in [0.15, 0.2) is 0 Å². The average molecular weight is 635 g/mol. The molecule has 8 unspecified atom stereocenters. The van der Waals surface area contributed by atoms with E-state index < -0.39 is 30.3 Å². The lowest BCUT2D eigenvalue weighted by Gasteiger charge is -2.36. The molecule has 0 aromatic heterocycles. The van der Waals surface area contributed by atoms with E-state index in [4.69, 9.17) is 116 Å². The molecule has 0 nitrogen and oxygen atoms in total. The summed E-state index contributed by atoms with van der Waals surface area (Å²) in [5, 5.41) is 0.549. The second-order valence-corrected chi connectivity index (χ2v) is 14.4. The van der Waals surface area contributed by atoms with Crippen molar-refractivity contribution in [2.45, 2.75) is 55.9 Å². The van der Waals surface area contributed by atoms with E-state index in [1.54, 1.807) is 0 Å². The molecule has 4 bridgehead atoms. The first-order valence-electron chi connectivity index (χ1n) is 10.0. The van der Waals surface area contributed by atoms with Gasteiger partial charge in [0.1, 0.15) is 0 Å². The summed E-state index contributed by atoms with van der Waals surface area (Å²) in [5.74, 6) is -0.401. The molecular weight excluding hydrogens is 619 g/mol. The van der Waals surface area contributed by atoms with Gasteiger partial charge in [-0.3, -0.25) is 0 Å². The molecule has 0 amide bonds. The Morgan fingerprint density at radius 2 is 0.906 bits per heavy atom. The second kappa shape index (κ2) is 8.05. The minimum atomic E-state index is -0.951. The van der Waals surface area contributed by atoms with Crippen molar-refractivity contribution in [2.24, 2.45) is 11.8 Å². The highest BCUT2D eigenvalue weighted by molar-refractivity contribution is 6.54. The van der Waals surface area contributed by atoms with Crippen LogP contribution < -0.4 is 0 Å². The van der Waals surface area contributed by atoms with Crippen molar-refractivity contribution in [3.8, 4) is 0 Å². The highest BCUT2D eigenvalue weighted by Crippen LogP contribution is 2.69. The molecule has 2 fully saturated rings. The van der Waals surface area contributed by atoms with E-state index >= 15 is 0 Å². The maximum absolute atomic E-state index is 6.97. The van der Waals surface area contributed by atoms with Crippen LogP contribution in [0, 0.1) is 11.8 Å². The zero-order chi connectivity index (χ0) is 23.4. The molecule has 4 aliphatic carbocycles. The Balaban J connectivity index is 1.46. The largest absolute Gasteiger partial charge is 0.120 e. The van der Waals surface area contributed by atoms with E-state index in [0.29, 0.717) is 45.8 Å². The molecule has 32 heavy (non-hydrogen) atoms. The summed E-state index contributed by atoms with van der Waals surface area (Å²) in [6.07, 6.45) is 1.95. The molecule has 0 heterocycles. The molecule has 10 heteroatoms. The molecule has 8 atom stereocenters. The fourth-order valence-corrected chi connectivity index (χ4v) is 10.8. The van der Waals surface area contributed by atoms with Gasteiger partial charge in [0.25, 0.3) is 0 Å². The molecule has 0 spiro atoms. The molecule has 5 rings (SSSR count). The van der Waals surface area contributed by atoms with Crippen LogP contribution >= 0.6 is 116 Å². The smallest absolute Gasteiger partial charge is 0.0999 e. The van der Waals surface area contributed by atoms with Crippen LogP contribution in [0.5, 0.6) is 0 Å². The van der Waals surface area contributed by atoms with Crippen LogP contribution in [-0.4, -0.2) is 30.3 Å². The van der Waals surface area contributed by atoms with Crippen molar-refractivity contribution in [3.63, 3.8) is 0 Å². The quantitative estimate of drug-likeness (QED) is 0.290. The second-order valence-electron chi connectivity index (χ2n) is 9.25. The van der Waals surface area contributed by atoms with Crippen LogP contribution in [0.2, 0.25) is 0 Å². The monoisotopic (exact) mass is 630 g/mol. The normalized spacial score (nSPS) is 47.3. The first-order valence-corrected chi connectivity index (χ1v) is 13.9. The number of hydrogen-bond acceptors (Lipinski definition) is 0. The Labute approximate surface area is 237 Å². The third-order valence-corrected chi connectivity index (χ3v) is 14.2. The van der Waals surface area contributed by atoms with E-state index in [0.717, 1.165) is 11.1 Å². The summed E-state index contributed by atoms with van der Waals surface area (Å²) in [6, 6.07) is 8.03. The van der Waals surface area contributed by atoms with Gasteiger partial charge in [-0.2, -0.15) is 0 Å². The number of benzene rings is 1. The van der Waals surface area contributed by atoms with Crippen LogP contribution in [0.3, 0.4) is 0 Å². The van der Waals surface area contributed by atoms with Gasteiger partial charge in [0, 0.05) is 11.8 Å². The Morgan fingerprint density at radius 3 is 1.22 bits per heavy atom. The molecule has 4 aliphatic rings. The predicted octanol–water partition coefficient (Wildman–Crippen LogP) is 9.34. The molecule has 2 saturated carbocycles. The van der Waals surface area contributed by atoms with Gasteiger partial charge in [-0.05, 0) is 36.8 Å². The topological polar surface area (TPSA) is 0 Å². The summed E-state index contributed by atoms with van der Waals surface area (Å²) in [6.45, 7) is 0. The lowest BCUT2D eigenvalue weighted by Crippen LogP contribution is -2.40. The van der Waals surface area contributed by atoms with Crippen molar-refractivity contribution in [3.05, 3.63) is 55.5 Å². The zero-order valence-corrected chi connectivity index (χ0v) is 23.8. The van der Waals surface area contributed by atoms with Crippen molar-refractivity contribution in [1.82, 2.24) is 0 Å². The average Bonchev–Trinajstić information content (AvgIpc) is 3.23. The van der Waals surface area contributed by atoms with Gasteiger partial charge in [-0.1, -0.05) is 70.7 Å². The Hall–Kier alpha value is 1.60. The van der Waals surface area contributed by atoms with Gasteiger partial charge in [0.2, 0.25) is 0 Å². The molecule has 174 valence electrons. The van der Waals surface area contributed by atoms with Crippen LogP contribution in [0.15, 0.2) is 44.4 Å². The summed E-state index contributed by atoms with van der Waals surface area (Å²) < 4.78 is 0. The third-order valence-electron chi connectivity index (χ3n) is 7.63. The van der Waals surface area contributed by atoms with Crippen molar-refractivity contribution in [1.29, 1.82) is 0 Å². The third kappa shape index (κ3) is 3.17. The van der Waals surface area contributed by atoms with Crippen LogP contribution in [-0.2, 0) is 12.8 Å². The van der Waals surface area contributed by atoms with E-state index in [-0.39, 0.29) is 11.8 Å². The van der Waals surface area contributed by atoms with Crippen molar-refractivity contribution < 1.29 is 0 Å². The van der Waals surface area contributed by atoms with Crippen LogP contribution in [0.4, 0.5) is 0 Å². The number of alkyl halides is 6. The molecular formula is C22H16Cl10. The summed E-state index contributed by atoms with van der Waals surface area (Å²) in [4.78, 5) is -3.69. The molecule has 0 aliphatic heterocycles. The number of fused-ring (bicyclic) bond motifs is 4. The number of allylic oxidation sites excluding steroid dienone is 4. The Morgan fingerprint density at radius 1 is 0.594 bits per heavy atom. The van der Waals surface area contributed by atoms with Crippen LogP contribution in [0.1, 0.15) is 24.0 Å². The maximum Gasteiger partial charge on any atom is 0.0999 e. The molecule has 1 aromatic rings. The Kier molecular flexibility index (Phi) is 6.35. The minimum absolute atomic E-state index is 0.200. The minimum Gasteiger partial charge on any atom is -0.120 e. The highest BCUT2D eigenvalue weighted by atomic mass is 35.5. The highest BCUT2D eigenvalue weighted by Gasteiger charge is 2.69. The lowest BCUT2D eigenvalue weighted by molar-refractivity contribution is 0.454. The van der Waals surface area contributed by atoms with E-state index in [1.807, 2.05) is 24.3 Å². The maximum atomic E-state index is 6.97. The summed E-state index contributed by atoms with van der Waals surface area (Å²) >= 11 is 66.9. The van der Waals surface area contributed by atoms with Crippen molar-refractivity contribution in [2.75, 3.05) is 0 Å². The fraction of sp³-hybridized carbons (Fsp3) is 0.545. The van der Waals surface area contributed by atoms with E-state index in [2.05, 4.69) is 0 Å². The van der Waals surface area contributed by atoms with Crippen molar-refractivity contribution >= 4 is 116 Å². The Bertz CT molecular complexity index is 984. The number of hydrogen-bond donors (Lipinski definition) is 0. The summed E-state index contributed by atoms with van der Waals surface area (Å²) in [5.41, 5.74) is 2.14. The van der Waals surface area contributed by atoms with Gasteiger partial charge in [0.05, 0.1) is 50.4 Å². The predicted molar refractivity (Wildman–Crippen MR) is 141 cm³/mol. The molecule has 1 aromatic carbocycles. The lowest BCUT2D eigenvalue weighted by atomic mass is 9.81. The first-order chi connectivity index (χ1) is 14.8. The SMILES string of the molecule is ClC1=C(Cl)C2(Cl)CC1(Cl)C(Cl)C2Cc1ccccc1CC1C(Cl)C2(Cl)CC1(Cl)C(Cl)=C2Cl. The summed E-state index contributed by atoms with van der Waals surface area (Å²) in [7, 11) is 0. The molecule has 0 saturated heterocycles. The van der Waals surface area contributed by atoms with Gasteiger partial charge < -0.3 is 0 Å². The standard InChI is InChI=1S/C22H16Cl10/c23-13-11(19(29)7-21(13,31)17(27)15(19)25)5-9-3-1-2-4-10(9)6-12-14(24)22(32)8-20(12,30)16(26)18(22)28/h1-4,11-14H,5-8H2. The fourth-order valence-electron chi connectivity index (χ4n) is 5.88. The first kappa shape index (κ1) is 25.3. The van der Waals surface area contributed by atoms with E-state index in [9.17, 15) is 0 Å². The number of halogens is 10.